The van der Waals surface area contributed by atoms with Gasteiger partial charge < -0.3 is 45.4 Å². The molecule has 3 fully saturated rings. The summed E-state index contributed by atoms with van der Waals surface area (Å²) in [4.78, 5) is 62.7. The normalized spacial score (nSPS) is 21.2. The Kier molecular flexibility index (Phi) is 12.9. The number of carbonyl (C=O) groups is 3. The molecule has 0 spiro atoms. The Hall–Kier alpha value is -6.57. The number of phenols is 1. The first-order valence-corrected chi connectivity index (χ1v) is 23.6. The number of terminal acetylenes is 1. The third-order valence-corrected chi connectivity index (χ3v) is 14.4. The zero-order valence-corrected chi connectivity index (χ0v) is 38.8. The van der Waals surface area contributed by atoms with Gasteiger partial charge in [0.2, 0.25) is 17.8 Å². The topological polar surface area (TPSA) is 196 Å². The van der Waals surface area contributed by atoms with E-state index in [0.717, 1.165) is 90.7 Å². The molecule has 0 bridgehead atoms. The highest BCUT2D eigenvalue weighted by molar-refractivity contribution is 5.93. The summed E-state index contributed by atoms with van der Waals surface area (Å²) in [7, 11) is 0. The SMILES string of the molecule is C#Cc1ccc(CNC(=O)[C@@H]2C[C@@H](O)CN2C(=O)[C@@H](NC(=O)N2CCC(N3CCC(c4cnc(N5CCc6[nH]c7nnc(-c8ccccc8O)cc7c6[C@@H]5C)nc4)CC3)CC2)C(C)(C)C)cc1. The number of phenolic OH excluding ortho intramolecular Hbond substituents is 1. The van der Waals surface area contributed by atoms with Gasteiger partial charge in [0.05, 0.1) is 17.8 Å². The molecular formula is C51H61N11O5. The lowest BCUT2D eigenvalue weighted by Crippen LogP contribution is -2.60. The number of nitrogens with one attached hydrogen (secondary N) is 3. The summed E-state index contributed by atoms with van der Waals surface area (Å²) in [6, 6.07) is 14.8. The van der Waals surface area contributed by atoms with Gasteiger partial charge in [-0.05, 0) is 98.5 Å². The fourth-order valence-electron chi connectivity index (χ4n) is 10.5. The van der Waals surface area contributed by atoms with Gasteiger partial charge in [0.1, 0.15) is 17.8 Å². The summed E-state index contributed by atoms with van der Waals surface area (Å²) in [5, 5.41) is 36.9. The number of aliphatic hydroxyl groups excluding tert-OH is 1. The number of hydrogen-bond donors (Lipinski definition) is 5. The number of amides is 4. The summed E-state index contributed by atoms with van der Waals surface area (Å²) in [5.41, 5.74) is 6.39. The number of urea groups is 1. The lowest BCUT2D eigenvalue weighted by molar-refractivity contribution is -0.142. The molecule has 0 radical (unpaired) electrons. The first-order valence-electron chi connectivity index (χ1n) is 23.6. The van der Waals surface area contributed by atoms with E-state index in [1.54, 1.807) is 29.2 Å². The van der Waals surface area contributed by atoms with Crippen molar-refractivity contribution in [3.05, 3.63) is 94.9 Å². The van der Waals surface area contributed by atoms with E-state index in [2.05, 4.69) is 48.5 Å². The maximum absolute atomic E-state index is 14.2. The molecule has 4 aliphatic heterocycles. The number of anilines is 1. The summed E-state index contributed by atoms with van der Waals surface area (Å²) >= 11 is 0. The van der Waals surface area contributed by atoms with Crippen molar-refractivity contribution in [1.29, 1.82) is 0 Å². The highest BCUT2D eigenvalue weighted by atomic mass is 16.3. The van der Waals surface area contributed by atoms with Gasteiger partial charge >= 0.3 is 6.03 Å². The first kappa shape index (κ1) is 45.6. The minimum Gasteiger partial charge on any atom is -0.507 e. The van der Waals surface area contributed by atoms with Crippen LogP contribution in [-0.4, -0.2) is 131 Å². The van der Waals surface area contributed by atoms with E-state index in [9.17, 15) is 24.6 Å². The van der Waals surface area contributed by atoms with E-state index in [-0.39, 0.29) is 49.1 Å². The zero-order chi connectivity index (χ0) is 47.0. The van der Waals surface area contributed by atoms with Crippen LogP contribution in [-0.2, 0) is 22.6 Å². The second-order valence-electron chi connectivity index (χ2n) is 19.7. The van der Waals surface area contributed by atoms with Crippen LogP contribution in [0.25, 0.3) is 22.3 Å². The quantitative estimate of drug-likeness (QED) is 0.121. The number of piperidine rings is 2. The third kappa shape index (κ3) is 9.53. The molecule has 67 heavy (non-hydrogen) atoms. The molecule has 7 heterocycles. The molecule has 5 N–H and O–H groups in total. The number of likely N-dealkylation sites (tertiary alicyclic amines) is 3. The van der Waals surface area contributed by atoms with Crippen molar-refractivity contribution >= 4 is 34.8 Å². The molecule has 0 unspecified atom stereocenters. The number of benzene rings is 2. The standard InChI is InChI=1S/C51H61N11O5/c1-6-32-11-13-33(14-12-32)27-52-47(65)42-25-37(63)30-62(42)48(66)45(51(3,4)5)56-50(67)60-22-17-36(18-23-60)59-20-15-34(16-21-59)35-28-53-49(54-29-35)61-24-19-40-44(31(61)2)39-26-41(57-58-46(39)55-40)38-9-7-8-10-43(38)64/h1,7-14,26,28-29,31,34,36-37,42,45,63-64H,15-25,27,30H2,2-5H3,(H,52,65)(H,55,58)(H,56,67)/t31-,37+,42-,45+/m0/s1. The summed E-state index contributed by atoms with van der Waals surface area (Å²) < 4.78 is 0. The third-order valence-electron chi connectivity index (χ3n) is 14.4. The number of aromatic amines is 1. The van der Waals surface area contributed by atoms with Crippen LogP contribution in [0.1, 0.15) is 99.7 Å². The first-order chi connectivity index (χ1) is 32.2. The second kappa shape index (κ2) is 19.0. The lowest BCUT2D eigenvalue weighted by atomic mass is 9.85. The van der Waals surface area contributed by atoms with E-state index in [1.165, 1.54) is 4.90 Å². The molecule has 350 valence electrons. The van der Waals surface area contributed by atoms with Gasteiger partial charge in [0.15, 0.2) is 5.65 Å². The fraction of sp³-hybridized carbons (Fsp3) is 0.471. The average molecular weight is 908 g/mol. The second-order valence-corrected chi connectivity index (χ2v) is 19.7. The Morgan fingerprint density at radius 1 is 0.955 bits per heavy atom. The molecule has 0 saturated carbocycles. The van der Waals surface area contributed by atoms with Crippen molar-refractivity contribution in [3.8, 4) is 29.4 Å². The number of β-amino-alcohol motifs (C(OH)–C–C–N with tert-alkyl or cyclic N) is 1. The Balaban J connectivity index is 0.760. The Bertz CT molecular complexity index is 2640. The molecule has 9 rings (SSSR count). The highest BCUT2D eigenvalue weighted by Gasteiger charge is 2.45. The predicted molar refractivity (Wildman–Crippen MR) is 255 cm³/mol. The molecule has 5 aromatic rings. The monoisotopic (exact) mass is 907 g/mol. The van der Waals surface area contributed by atoms with Crippen LogP contribution < -0.4 is 15.5 Å². The molecular weight excluding hydrogens is 847 g/mol. The molecule has 16 nitrogen and oxygen atoms in total. The smallest absolute Gasteiger partial charge is 0.318 e. The van der Waals surface area contributed by atoms with Gasteiger partial charge in [0, 0.05) is 91.8 Å². The molecule has 16 heteroatoms. The number of nitrogens with zero attached hydrogens (tertiary/aromatic N) is 8. The number of aromatic hydroxyl groups is 1. The number of rotatable bonds is 9. The van der Waals surface area contributed by atoms with Crippen LogP contribution >= 0.6 is 0 Å². The van der Waals surface area contributed by atoms with E-state index in [0.29, 0.717) is 42.3 Å². The molecule has 4 aliphatic rings. The predicted octanol–water partition coefficient (Wildman–Crippen LogP) is 5.27. The van der Waals surface area contributed by atoms with Crippen molar-refractivity contribution in [3.63, 3.8) is 0 Å². The number of aromatic nitrogens is 5. The molecule has 3 saturated heterocycles. The molecule has 0 aliphatic carbocycles. The van der Waals surface area contributed by atoms with Crippen LogP contribution in [0.15, 0.2) is 67.0 Å². The molecule has 4 atom stereocenters. The minimum absolute atomic E-state index is 0.00120. The van der Waals surface area contributed by atoms with Crippen LogP contribution in [0.5, 0.6) is 5.75 Å². The number of fused-ring (bicyclic) bond motifs is 3. The average Bonchev–Trinajstić information content (AvgIpc) is 3.93. The number of para-hydroxylation sites is 1. The molecule has 2 aromatic carbocycles. The van der Waals surface area contributed by atoms with Crippen molar-refractivity contribution in [2.45, 2.75) is 109 Å². The largest absolute Gasteiger partial charge is 0.507 e. The molecule has 3 aromatic heterocycles. The van der Waals surface area contributed by atoms with Gasteiger partial charge in [-0.25, -0.2) is 14.8 Å². The number of carbonyl (C=O) groups excluding carboxylic acids is 3. The molecule has 4 amide bonds. The van der Waals surface area contributed by atoms with Crippen LogP contribution in [0.3, 0.4) is 0 Å². The van der Waals surface area contributed by atoms with Gasteiger partial charge in [-0.2, -0.15) is 0 Å². The van der Waals surface area contributed by atoms with Crippen LogP contribution in [0, 0.1) is 17.8 Å². The Morgan fingerprint density at radius 2 is 1.67 bits per heavy atom. The number of hydrogen-bond acceptors (Lipinski definition) is 11. The maximum Gasteiger partial charge on any atom is 0.318 e. The minimum atomic E-state index is -0.900. The van der Waals surface area contributed by atoms with E-state index >= 15 is 0 Å². The van der Waals surface area contributed by atoms with Gasteiger partial charge in [-0.15, -0.1) is 16.6 Å². The summed E-state index contributed by atoms with van der Waals surface area (Å²) in [6.45, 7) is 12.0. The van der Waals surface area contributed by atoms with Crippen molar-refractivity contribution < 1.29 is 24.6 Å². The zero-order valence-electron chi connectivity index (χ0n) is 38.8. The van der Waals surface area contributed by atoms with E-state index < -0.39 is 23.6 Å². The Morgan fingerprint density at radius 3 is 2.36 bits per heavy atom. The lowest BCUT2D eigenvalue weighted by Gasteiger charge is -2.42. The van der Waals surface area contributed by atoms with Gasteiger partial charge in [0.25, 0.3) is 0 Å². The van der Waals surface area contributed by atoms with Crippen LogP contribution in [0.2, 0.25) is 0 Å². The Labute approximate surface area is 391 Å². The summed E-state index contributed by atoms with van der Waals surface area (Å²) in [5.74, 6) is 3.08. The highest BCUT2D eigenvalue weighted by Crippen LogP contribution is 2.39. The van der Waals surface area contributed by atoms with Crippen LogP contribution in [0.4, 0.5) is 10.7 Å². The van der Waals surface area contributed by atoms with E-state index in [4.69, 9.17) is 16.4 Å². The number of H-pyrrole nitrogens is 1. The summed E-state index contributed by atoms with van der Waals surface area (Å²) in [6.07, 6.45) is 13.2. The van der Waals surface area contributed by atoms with Gasteiger partial charge in [-0.3, -0.25) is 9.59 Å². The van der Waals surface area contributed by atoms with Crippen molar-refractivity contribution in [2.24, 2.45) is 5.41 Å². The van der Waals surface area contributed by atoms with E-state index in [1.807, 2.05) is 63.5 Å². The van der Waals surface area contributed by atoms with Crippen molar-refractivity contribution in [2.75, 3.05) is 44.2 Å². The number of aliphatic hydroxyl groups is 1. The van der Waals surface area contributed by atoms with Gasteiger partial charge in [-0.1, -0.05) is 51.0 Å². The van der Waals surface area contributed by atoms with Crippen molar-refractivity contribution in [1.82, 2.24) is 50.5 Å². The fourth-order valence-corrected chi connectivity index (χ4v) is 10.5. The maximum atomic E-state index is 14.2.